The molecule has 15 heavy (non-hydrogen) atoms. The average Bonchev–Trinajstić information content (AvgIpc) is 2.31. The summed E-state index contributed by atoms with van der Waals surface area (Å²) in [6, 6.07) is 9.09. The largest absolute Gasteiger partial charge is 0.0916 e. The van der Waals surface area contributed by atoms with Gasteiger partial charge >= 0.3 is 0 Å². The lowest BCUT2D eigenvalue weighted by Gasteiger charge is -2.13. The van der Waals surface area contributed by atoms with E-state index < -0.39 is 0 Å². The Balaban J connectivity index is 2.73. The molecule has 1 atom stereocenters. The summed E-state index contributed by atoms with van der Waals surface area (Å²) in [4.78, 5) is 0. The van der Waals surface area contributed by atoms with Crippen molar-refractivity contribution in [1.29, 1.82) is 0 Å². The first kappa shape index (κ1) is 12.0. The summed E-state index contributed by atoms with van der Waals surface area (Å²) in [6.45, 7) is 6.56. The van der Waals surface area contributed by atoms with E-state index >= 15 is 0 Å². The van der Waals surface area contributed by atoms with Crippen molar-refractivity contribution in [3.05, 3.63) is 47.5 Å². The van der Waals surface area contributed by atoms with E-state index in [2.05, 4.69) is 57.2 Å². The fourth-order valence-corrected chi connectivity index (χ4v) is 1.86. The maximum atomic E-state index is 2.29. The Hall–Kier alpha value is -1.04. The molecule has 0 heteroatoms. The van der Waals surface area contributed by atoms with E-state index in [4.69, 9.17) is 0 Å². The SMILES string of the molecule is C/C=C\CC(CC)c1ccc(CC)cc1. The van der Waals surface area contributed by atoms with Gasteiger partial charge in [-0.1, -0.05) is 50.3 Å². The summed E-state index contributed by atoms with van der Waals surface area (Å²) in [7, 11) is 0. The van der Waals surface area contributed by atoms with Crippen LogP contribution in [0, 0.1) is 0 Å². The maximum absolute atomic E-state index is 2.29. The van der Waals surface area contributed by atoms with Crippen LogP contribution in [0.1, 0.15) is 50.7 Å². The smallest absolute Gasteiger partial charge is 0.0130 e. The lowest BCUT2D eigenvalue weighted by Crippen LogP contribution is -1.96. The Labute approximate surface area is 94.0 Å². The highest BCUT2D eigenvalue weighted by molar-refractivity contribution is 5.25. The van der Waals surface area contributed by atoms with Crippen molar-refractivity contribution in [1.82, 2.24) is 0 Å². The second-order valence-corrected chi connectivity index (χ2v) is 4.01. The van der Waals surface area contributed by atoms with E-state index in [0.29, 0.717) is 5.92 Å². The van der Waals surface area contributed by atoms with E-state index in [9.17, 15) is 0 Å². The quantitative estimate of drug-likeness (QED) is 0.607. The molecule has 0 fully saturated rings. The van der Waals surface area contributed by atoms with Crippen molar-refractivity contribution in [2.75, 3.05) is 0 Å². The molecule has 0 aliphatic heterocycles. The Bertz CT molecular complexity index is 292. The van der Waals surface area contributed by atoms with Crippen molar-refractivity contribution in [2.45, 2.75) is 46.0 Å². The molecule has 0 heterocycles. The Morgan fingerprint density at radius 3 is 2.27 bits per heavy atom. The van der Waals surface area contributed by atoms with Gasteiger partial charge in [0.25, 0.3) is 0 Å². The van der Waals surface area contributed by atoms with Gasteiger partial charge in [0.05, 0.1) is 0 Å². The molecule has 0 radical (unpaired) electrons. The number of benzene rings is 1. The van der Waals surface area contributed by atoms with Crippen molar-refractivity contribution < 1.29 is 0 Å². The lowest BCUT2D eigenvalue weighted by molar-refractivity contribution is 0.674. The molecule has 82 valence electrons. The summed E-state index contributed by atoms with van der Waals surface area (Å²) < 4.78 is 0. The van der Waals surface area contributed by atoms with Crippen LogP contribution >= 0.6 is 0 Å². The van der Waals surface area contributed by atoms with Crippen LogP contribution in [0.4, 0.5) is 0 Å². The number of hydrogen-bond acceptors (Lipinski definition) is 0. The third kappa shape index (κ3) is 3.54. The average molecular weight is 202 g/mol. The minimum atomic E-state index is 0.687. The molecule has 0 bridgehead atoms. The lowest BCUT2D eigenvalue weighted by atomic mass is 9.92. The Kier molecular flexibility index (Phi) is 5.17. The van der Waals surface area contributed by atoms with Crippen LogP contribution in [0.2, 0.25) is 0 Å². The van der Waals surface area contributed by atoms with Gasteiger partial charge in [0, 0.05) is 0 Å². The molecule has 1 aromatic carbocycles. The van der Waals surface area contributed by atoms with Crippen LogP contribution in [0.5, 0.6) is 0 Å². The molecule has 0 aromatic heterocycles. The molecule has 0 aliphatic rings. The minimum absolute atomic E-state index is 0.687. The van der Waals surface area contributed by atoms with Crippen LogP contribution < -0.4 is 0 Å². The van der Waals surface area contributed by atoms with Gasteiger partial charge in [-0.15, -0.1) is 0 Å². The minimum Gasteiger partial charge on any atom is -0.0916 e. The number of hydrogen-bond donors (Lipinski definition) is 0. The summed E-state index contributed by atoms with van der Waals surface area (Å²) in [5, 5.41) is 0. The van der Waals surface area contributed by atoms with E-state index in [-0.39, 0.29) is 0 Å². The van der Waals surface area contributed by atoms with Gasteiger partial charge in [-0.25, -0.2) is 0 Å². The summed E-state index contributed by atoms with van der Waals surface area (Å²) in [5.74, 6) is 0.687. The van der Waals surface area contributed by atoms with Crippen LogP contribution in [0.3, 0.4) is 0 Å². The van der Waals surface area contributed by atoms with Crippen molar-refractivity contribution in [2.24, 2.45) is 0 Å². The Morgan fingerprint density at radius 1 is 1.13 bits per heavy atom. The molecule has 1 aromatic rings. The third-order valence-corrected chi connectivity index (χ3v) is 3.01. The van der Waals surface area contributed by atoms with Gasteiger partial charge in [-0.3, -0.25) is 0 Å². The fourth-order valence-electron chi connectivity index (χ4n) is 1.86. The molecule has 0 saturated carbocycles. The van der Waals surface area contributed by atoms with Gasteiger partial charge in [-0.2, -0.15) is 0 Å². The highest BCUT2D eigenvalue weighted by atomic mass is 14.1. The normalized spacial score (nSPS) is 13.3. The topological polar surface area (TPSA) is 0 Å². The first-order chi connectivity index (χ1) is 7.31. The van der Waals surface area contributed by atoms with Gasteiger partial charge in [0.15, 0.2) is 0 Å². The van der Waals surface area contributed by atoms with Gasteiger partial charge in [0.1, 0.15) is 0 Å². The third-order valence-electron chi connectivity index (χ3n) is 3.01. The van der Waals surface area contributed by atoms with Gasteiger partial charge in [-0.05, 0) is 43.2 Å². The molecular formula is C15H22. The van der Waals surface area contributed by atoms with Crippen molar-refractivity contribution >= 4 is 0 Å². The zero-order chi connectivity index (χ0) is 11.1. The number of aryl methyl sites for hydroxylation is 1. The predicted octanol–water partition coefficient (Wildman–Crippen LogP) is 4.71. The molecule has 0 nitrogen and oxygen atoms in total. The van der Waals surface area contributed by atoms with Gasteiger partial charge < -0.3 is 0 Å². The zero-order valence-electron chi connectivity index (χ0n) is 10.2. The summed E-state index contributed by atoms with van der Waals surface area (Å²) in [5.41, 5.74) is 2.91. The molecule has 0 amide bonds. The second-order valence-electron chi connectivity index (χ2n) is 4.01. The molecule has 0 N–H and O–H groups in total. The van der Waals surface area contributed by atoms with E-state index in [0.717, 1.165) is 6.42 Å². The monoisotopic (exact) mass is 202 g/mol. The van der Waals surface area contributed by atoms with Crippen LogP contribution in [0.25, 0.3) is 0 Å². The predicted molar refractivity (Wildman–Crippen MR) is 68.3 cm³/mol. The molecule has 1 rings (SSSR count). The second kappa shape index (κ2) is 6.44. The van der Waals surface area contributed by atoms with E-state index in [1.807, 2.05) is 0 Å². The fraction of sp³-hybridized carbons (Fsp3) is 0.467. The number of rotatable bonds is 5. The standard InChI is InChI=1S/C15H22/c1-4-7-8-14(6-3)15-11-9-13(5-2)10-12-15/h4,7,9-12,14H,5-6,8H2,1-3H3/b7-4-. The first-order valence-corrected chi connectivity index (χ1v) is 6.01. The highest BCUT2D eigenvalue weighted by Crippen LogP contribution is 2.24. The Morgan fingerprint density at radius 2 is 1.80 bits per heavy atom. The molecule has 0 saturated heterocycles. The molecular weight excluding hydrogens is 180 g/mol. The van der Waals surface area contributed by atoms with Crippen molar-refractivity contribution in [3.8, 4) is 0 Å². The van der Waals surface area contributed by atoms with Crippen LogP contribution in [-0.2, 0) is 6.42 Å². The summed E-state index contributed by atoms with van der Waals surface area (Å²) >= 11 is 0. The maximum Gasteiger partial charge on any atom is -0.0130 e. The van der Waals surface area contributed by atoms with E-state index in [1.165, 1.54) is 24.0 Å². The van der Waals surface area contributed by atoms with Gasteiger partial charge in [0.2, 0.25) is 0 Å². The van der Waals surface area contributed by atoms with E-state index in [1.54, 1.807) is 0 Å². The first-order valence-electron chi connectivity index (χ1n) is 6.01. The van der Waals surface area contributed by atoms with Crippen LogP contribution in [-0.4, -0.2) is 0 Å². The molecule has 0 aliphatic carbocycles. The number of allylic oxidation sites excluding steroid dienone is 2. The molecule has 1 unspecified atom stereocenters. The van der Waals surface area contributed by atoms with Crippen LogP contribution in [0.15, 0.2) is 36.4 Å². The zero-order valence-corrected chi connectivity index (χ0v) is 10.2. The van der Waals surface area contributed by atoms with Crippen molar-refractivity contribution in [3.63, 3.8) is 0 Å². The summed E-state index contributed by atoms with van der Waals surface area (Å²) in [6.07, 6.45) is 7.92. The molecule has 0 spiro atoms. The highest BCUT2D eigenvalue weighted by Gasteiger charge is 2.06.